The van der Waals surface area contributed by atoms with Gasteiger partial charge in [-0.2, -0.15) is 0 Å². The first-order chi connectivity index (χ1) is 10.3. The summed E-state index contributed by atoms with van der Waals surface area (Å²) in [5.74, 6) is -0.594. The molecule has 0 radical (unpaired) electrons. The van der Waals surface area contributed by atoms with Gasteiger partial charge >= 0.3 is 0 Å². The van der Waals surface area contributed by atoms with E-state index in [4.69, 9.17) is 5.14 Å². The monoisotopic (exact) mass is 322 g/mol. The van der Waals surface area contributed by atoms with E-state index in [0.29, 0.717) is 12.1 Å². The van der Waals surface area contributed by atoms with Crippen LogP contribution in [0.15, 0.2) is 53.4 Å². The summed E-state index contributed by atoms with van der Waals surface area (Å²) in [5, 5.41) is 7.64. The first-order valence-electron chi connectivity index (χ1n) is 6.52. The van der Waals surface area contributed by atoms with Crippen LogP contribution in [0.4, 0.5) is 10.1 Å². The topological polar surface area (TPSA) is 89.3 Å². The predicted molar refractivity (Wildman–Crippen MR) is 81.2 cm³/mol. The number of benzene rings is 2. The molecule has 0 heterocycles. The summed E-state index contributed by atoms with van der Waals surface area (Å²) in [7, 11) is -3.81. The third-order valence-corrected chi connectivity index (χ3v) is 3.91. The van der Waals surface area contributed by atoms with Crippen LogP contribution in [0.2, 0.25) is 0 Å². The molecule has 22 heavy (non-hydrogen) atoms. The number of primary sulfonamides is 1. The number of nitrogens with two attached hydrogens (primary N) is 1. The zero-order chi connectivity index (χ0) is 16.2. The molecule has 0 unspecified atom stereocenters. The van der Waals surface area contributed by atoms with Gasteiger partial charge in [-0.05, 0) is 42.3 Å². The molecule has 0 aliphatic rings. The van der Waals surface area contributed by atoms with E-state index in [-0.39, 0.29) is 23.0 Å². The second-order valence-corrected chi connectivity index (χ2v) is 6.31. The summed E-state index contributed by atoms with van der Waals surface area (Å²) in [6.07, 6.45) is 0.659. The number of carbonyl (C=O) groups is 1. The molecular weight excluding hydrogens is 307 g/mol. The van der Waals surface area contributed by atoms with Gasteiger partial charge in [0.25, 0.3) is 0 Å². The second kappa shape index (κ2) is 6.67. The summed E-state index contributed by atoms with van der Waals surface area (Å²) in [6.45, 7) is 0. The van der Waals surface area contributed by atoms with Gasteiger partial charge in [0.2, 0.25) is 15.9 Å². The van der Waals surface area contributed by atoms with E-state index in [0.717, 1.165) is 5.56 Å². The second-order valence-electron chi connectivity index (χ2n) is 4.75. The first-order valence-corrected chi connectivity index (χ1v) is 8.06. The van der Waals surface area contributed by atoms with Crippen molar-refractivity contribution in [2.45, 2.75) is 17.7 Å². The average molecular weight is 322 g/mol. The van der Waals surface area contributed by atoms with Gasteiger partial charge in [0.15, 0.2) is 0 Å². The smallest absolute Gasteiger partial charge is 0.238 e. The van der Waals surface area contributed by atoms with Crippen molar-refractivity contribution in [3.05, 3.63) is 59.9 Å². The SMILES string of the molecule is NS(=O)(=O)c1cccc(NC(=O)CCc2ccc(F)cc2)c1. The minimum absolute atomic E-state index is 0.0659. The maximum Gasteiger partial charge on any atom is 0.238 e. The number of aryl methyl sites for hydroxylation is 1. The fourth-order valence-corrected chi connectivity index (χ4v) is 2.44. The Morgan fingerprint density at radius 3 is 2.45 bits per heavy atom. The molecule has 2 aromatic carbocycles. The Bertz CT molecular complexity index is 774. The average Bonchev–Trinajstić information content (AvgIpc) is 2.46. The number of halogens is 1. The number of nitrogens with one attached hydrogen (secondary N) is 1. The molecule has 2 aromatic rings. The van der Waals surface area contributed by atoms with Crippen LogP contribution in [-0.2, 0) is 21.2 Å². The Kier molecular flexibility index (Phi) is 4.89. The molecule has 0 bridgehead atoms. The van der Waals surface area contributed by atoms with Gasteiger partial charge in [0, 0.05) is 12.1 Å². The van der Waals surface area contributed by atoms with Gasteiger partial charge in [0.1, 0.15) is 5.82 Å². The normalized spacial score (nSPS) is 11.2. The lowest BCUT2D eigenvalue weighted by atomic mass is 10.1. The highest BCUT2D eigenvalue weighted by Crippen LogP contribution is 2.14. The zero-order valence-corrected chi connectivity index (χ0v) is 12.4. The van der Waals surface area contributed by atoms with Crippen molar-refractivity contribution in [1.82, 2.24) is 0 Å². The van der Waals surface area contributed by atoms with E-state index in [9.17, 15) is 17.6 Å². The molecule has 1 amide bonds. The highest BCUT2D eigenvalue weighted by molar-refractivity contribution is 7.89. The van der Waals surface area contributed by atoms with E-state index in [1.54, 1.807) is 18.2 Å². The number of anilines is 1. The number of sulfonamides is 1. The van der Waals surface area contributed by atoms with Crippen LogP contribution in [0.3, 0.4) is 0 Å². The molecule has 0 fully saturated rings. The summed E-state index contributed by atoms with van der Waals surface area (Å²) < 4.78 is 35.3. The third-order valence-electron chi connectivity index (χ3n) is 3.00. The molecule has 116 valence electrons. The number of hydrogen-bond acceptors (Lipinski definition) is 3. The molecule has 0 saturated carbocycles. The lowest BCUT2D eigenvalue weighted by Gasteiger charge is -2.07. The summed E-state index contributed by atoms with van der Waals surface area (Å²) in [6, 6.07) is 11.6. The minimum Gasteiger partial charge on any atom is -0.326 e. The first kappa shape index (κ1) is 16.1. The van der Waals surface area contributed by atoms with Crippen molar-refractivity contribution in [3.8, 4) is 0 Å². The van der Waals surface area contributed by atoms with Crippen molar-refractivity contribution < 1.29 is 17.6 Å². The molecule has 0 saturated heterocycles. The standard InChI is InChI=1S/C15H15FN2O3S/c16-12-7-4-11(5-8-12)6-9-15(19)18-13-2-1-3-14(10-13)22(17,20)21/h1-5,7-8,10H,6,9H2,(H,18,19)(H2,17,20,21). The highest BCUT2D eigenvalue weighted by Gasteiger charge is 2.09. The Balaban J connectivity index is 1.96. The van der Waals surface area contributed by atoms with E-state index in [2.05, 4.69) is 5.32 Å². The molecule has 0 spiro atoms. The largest absolute Gasteiger partial charge is 0.326 e. The minimum atomic E-state index is -3.81. The van der Waals surface area contributed by atoms with Crippen molar-refractivity contribution in [2.24, 2.45) is 5.14 Å². The summed E-state index contributed by atoms with van der Waals surface area (Å²) in [5.41, 5.74) is 1.20. The fraction of sp³-hybridized carbons (Fsp3) is 0.133. The van der Waals surface area contributed by atoms with E-state index < -0.39 is 10.0 Å². The van der Waals surface area contributed by atoms with Crippen LogP contribution in [0.1, 0.15) is 12.0 Å². The van der Waals surface area contributed by atoms with Gasteiger partial charge in [0.05, 0.1) is 4.90 Å². The van der Waals surface area contributed by atoms with Gasteiger partial charge < -0.3 is 5.32 Å². The molecule has 0 atom stereocenters. The Morgan fingerprint density at radius 2 is 1.82 bits per heavy atom. The van der Waals surface area contributed by atoms with Crippen LogP contribution < -0.4 is 10.5 Å². The summed E-state index contributed by atoms with van der Waals surface area (Å²) in [4.78, 5) is 11.8. The van der Waals surface area contributed by atoms with E-state index in [1.165, 1.54) is 30.3 Å². The quantitative estimate of drug-likeness (QED) is 0.883. The fourth-order valence-electron chi connectivity index (χ4n) is 1.88. The molecule has 2 rings (SSSR count). The number of hydrogen-bond donors (Lipinski definition) is 2. The Labute approximate surface area is 128 Å². The van der Waals surface area contributed by atoms with Crippen molar-refractivity contribution in [1.29, 1.82) is 0 Å². The highest BCUT2D eigenvalue weighted by atomic mass is 32.2. The molecule has 5 nitrogen and oxygen atoms in total. The van der Waals surface area contributed by atoms with Gasteiger partial charge in [-0.15, -0.1) is 0 Å². The number of carbonyl (C=O) groups excluding carboxylic acids is 1. The van der Waals surface area contributed by atoms with Gasteiger partial charge in [-0.25, -0.2) is 17.9 Å². The Hall–Kier alpha value is -2.25. The van der Waals surface area contributed by atoms with E-state index in [1.807, 2.05) is 0 Å². The number of amides is 1. The Morgan fingerprint density at radius 1 is 1.14 bits per heavy atom. The maximum absolute atomic E-state index is 12.8. The van der Waals surface area contributed by atoms with Crippen LogP contribution in [0, 0.1) is 5.82 Å². The van der Waals surface area contributed by atoms with Crippen molar-refractivity contribution in [3.63, 3.8) is 0 Å². The van der Waals surface area contributed by atoms with Crippen molar-refractivity contribution in [2.75, 3.05) is 5.32 Å². The van der Waals surface area contributed by atoms with Gasteiger partial charge in [-0.3, -0.25) is 4.79 Å². The summed E-state index contributed by atoms with van der Waals surface area (Å²) >= 11 is 0. The molecule has 7 heteroatoms. The van der Waals surface area contributed by atoms with Crippen LogP contribution in [-0.4, -0.2) is 14.3 Å². The van der Waals surface area contributed by atoms with E-state index >= 15 is 0 Å². The molecule has 3 N–H and O–H groups in total. The predicted octanol–water partition coefficient (Wildman–Crippen LogP) is 2.04. The molecule has 0 aliphatic carbocycles. The van der Waals surface area contributed by atoms with Crippen molar-refractivity contribution >= 4 is 21.6 Å². The van der Waals surface area contributed by atoms with Crippen LogP contribution in [0.5, 0.6) is 0 Å². The molecule has 0 aromatic heterocycles. The van der Waals surface area contributed by atoms with Crippen LogP contribution in [0.25, 0.3) is 0 Å². The van der Waals surface area contributed by atoms with Gasteiger partial charge in [-0.1, -0.05) is 18.2 Å². The molecule has 0 aliphatic heterocycles. The molecular formula is C15H15FN2O3S. The zero-order valence-electron chi connectivity index (χ0n) is 11.6. The maximum atomic E-state index is 12.8. The van der Waals surface area contributed by atoms with Crippen LogP contribution >= 0.6 is 0 Å². The lowest BCUT2D eigenvalue weighted by molar-refractivity contribution is -0.116. The third kappa shape index (κ3) is 4.64. The number of rotatable bonds is 5. The lowest BCUT2D eigenvalue weighted by Crippen LogP contribution is -2.15.